The van der Waals surface area contributed by atoms with Crippen molar-refractivity contribution in [2.24, 2.45) is 0 Å². The lowest BCUT2D eigenvalue weighted by atomic mass is 9.76. The molecule has 0 aromatic heterocycles. The van der Waals surface area contributed by atoms with E-state index in [2.05, 4.69) is 0 Å². The normalized spacial score (nSPS) is 21.8. The molecule has 0 heterocycles. The molecule has 0 saturated heterocycles. The molecule has 0 aliphatic heterocycles. The summed E-state index contributed by atoms with van der Waals surface area (Å²) in [7, 11) is -5.93. The van der Waals surface area contributed by atoms with Crippen LogP contribution in [0.4, 0.5) is 30.7 Å². The molecule has 11 heteroatoms. The largest absolute Gasteiger partial charge is 0.433 e. The molecular formula is C9H11F7O3S. The van der Waals surface area contributed by atoms with E-state index in [9.17, 15) is 39.2 Å². The minimum atomic E-state index is -6.52. The van der Waals surface area contributed by atoms with E-state index < -0.39 is 45.7 Å². The average molecular weight is 332 g/mol. The van der Waals surface area contributed by atoms with Gasteiger partial charge in [-0.05, 0) is 12.8 Å². The Balaban J connectivity index is 3.66. The lowest BCUT2D eigenvalue weighted by molar-refractivity contribution is -0.354. The highest BCUT2D eigenvalue weighted by molar-refractivity contribution is 7.87. The summed E-state index contributed by atoms with van der Waals surface area (Å²) < 4.78 is 117. The fraction of sp³-hybridized carbons (Fsp3) is 1.00. The fourth-order valence-electron chi connectivity index (χ4n) is 2.58. The molecule has 0 atom stereocenters. The van der Waals surface area contributed by atoms with Crippen molar-refractivity contribution in [1.29, 1.82) is 0 Å². The molecule has 1 N–H and O–H groups in total. The Hall–Kier alpha value is -0.580. The molecule has 0 spiro atoms. The van der Waals surface area contributed by atoms with Crippen LogP contribution in [0, 0.1) is 0 Å². The van der Waals surface area contributed by atoms with Gasteiger partial charge in [0.05, 0.1) is 0 Å². The number of alkyl halides is 7. The molecule has 1 fully saturated rings. The van der Waals surface area contributed by atoms with Gasteiger partial charge >= 0.3 is 18.0 Å². The smallest absolute Gasteiger partial charge is 0.285 e. The maximum Gasteiger partial charge on any atom is 0.433 e. The van der Waals surface area contributed by atoms with Gasteiger partial charge in [-0.25, -0.2) is 4.39 Å². The molecular weight excluding hydrogens is 321 g/mol. The first kappa shape index (κ1) is 17.5. The summed E-state index contributed by atoms with van der Waals surface area (Å²) in [5, 5.41) is 0. The number of hydrogen-bond acceptors (Lipinski definition) is 2. The van der Waals surface area contributed by atoms with Crippen molar-refractivity contribution in [2.45, 2.75) is 54.9 Å². The van der Waals surface area contributed by atoms with Crippen molar-refractivity contribution in [3.05, 3.63) is 0 Å². The Bertz CT molecular complexity index is 445. The van der Waals surface area contributed by atoms with Gasteiger partial charge in [0.1, 0.15) is 4.75 Å². The second-order valence-electron chi connectivity index (χ2n) is 4.68. The van der Waals surface area contributed by atoms with Crippen LogP contribution in [-0.2, 0) is 10.1 Å². The summed E-state index contributed by atoms with van der Waals surface area (Å²) in [5.74, 6) is 0. The highest BCUT2D eigenvalue weighted by atomic mass is 32.2. The van der Waals surface area contributed by atoms with Crippen LogP contribution in [-0.4, -0.2) is 35.7 Å². The van der Waals surface area contributed by atoms with Gasteiger partial charge in [0.25, 0.3) is 10.1 Å². The van der Waals surface area contributed by atoms with E-state index in [-0.39, 0.29) is 19.3 Å². The quantitative estimate of drug-likeness (QED) is 0.623. The van der Waals surface area contributed by atoms with E-state index in [0.717, 1.165) is 0 Å². The maximum atomic E-state index is 14.1. The number of rotatable bonds is 2. The first-order valence-corrected chi connectivity index (χ1v) is 6.94. The van der Waals surface area contributed by atoms with E-state index in [0.29, 0.717) is 0 Å². The molecule has 0 aromatic carbocycles. The molecule has 1 rings (SSSR count). The molecule has 0 radical (unpaired) electrons. The van der Waals surface area contributed by atoms with Crippen LogP contribution in [0.3, 0.4) is 0 Å². The summed E-state index contributed by atoms with van der Waals surface area (Å²) in [5.41, 5.74) is -6.01. The minimum absolute atomic E-state index is 0.156. The van der Waals surface area contributed by atoms with Crippen LogP contribution in [0.1, 0.15) is 32.1 Å². The topological polar surface area (TPSA) is 54.4 Å². The summed E-state index contributed by atoms with van der Waals surface area (Å²) in [6, 6.07) is 0. The molecule has 1 saturated carbocycles. The lowest BCUT2D eigenvalue weighted by Crippen LogP contribution is -2.71. The third-order valence-electron chi connectivity index (χ3n) is 3.56. The SMILES string of the molecule is O=S(=O)(O)C1(C(F)(C(F)(F)F)C(F)(F)F)CCCCC1. The van der Waals surface area contributed by atoms with Crippen molar-refractivity contribution in [3.8, 4) is 0 Å². The zero-order chi connectivity index (χ0) is 16.0. The molecule has 3 nitrogen and oxygen atoms in total. The van der Waals surface area contributed by atoms with Crippen molar-refractivity contribution >= 4 is 10.1 Å². The second kappa shape index (κ2) is 4.72. The Kier molecular flexibility index (Phi) is 4.12. The van der Waals surface area contributed by atoms with E-state index in [1.54, 1.807) is 0 Å². The van der Waals surface area contributed by atoms with E-state index in [1.807, 2.05) is 0 Å². The van der Waals surface area contributed by atoms with Gasteiger partial charge in [0.15, 0.2) is 0 Å². The van der Waals surface area contributed by atoms with Crippen molar-refractivity contribution in [2.75, 3.05) is 0 Å². The van der Waals surface area contributed by atoms with Gasteiger partial charge in [-0.15, -0.1) is 0 Å². The third kappa shape index (κ3) is 2.28. The zero-order valence-corrected chi connectivity index (χ0v) is 10.7. The average Bonchev–Trinajstić information content (AvgIpc) is 2.24. The van der Waals surface area contributed by atoms with Crippen molar-refractivity contribution < 1.29 is 43.7 Å². The van der Waals surface area contributed by atoms with Crippen LogP contribution >= 0.6 is 0 Å². The van der Waals surface area contributed by atoms with Crippen LogP contribution < -0.4 is 0 Å². The predicted octanol–water partition coefficient (Wildman–Crippen LogP) is 3.41. The van der Waals surface area contributed by atoms with Gasteiger partial charge < -0.3 is 0 Å². The molecule has 0 aromatic rings. The molecule has 0 bridgehead atoms. The zero-order valence-electron chi connectivity index (χ0n) is 9.85. The van der Waals surface area contributed by atoms with Gasteiger partial charge in [-0.2, -0.15) is 34.8 Å². The Labute approximate surface area is 109 Å². The Morgan fingerprint density at radius 1 is 0.800 bits per heavy atom. The Morgan fingerprint density at radius 3 is 1.40 bits per heavy atom. The van der Waals surface area contributed by atoms with Crippen molar-refractivity contribution in [1.82, 2.24) is 0 Å². The van der Waals surface area contributed by atoms with E-state index >= 15 is 0 Å². The summed E-state index contributed by atoms with van der Waals surface area (Å²) in [4.78, 5) is 0. The van der Waals surface area contributed by atoms with Crippen LogP contribution in [0.2, 0.25) is 0 Å². The van der Waals surface area contributed by atoms with Crippen LogP contribution in [0.15, 0.2) is 0 Å². The Morgan fingerprint density at radius 2 is 1.15 bits per heavy atom. The predicted molar refractivity (Wildman–Crippen MR) is 53.3 cm³/mol. The van der Waals surface area contributed by atoms with Gasteiger partial charge in [0.2, 0.25) is 0 Å². The van der Waals surface area contributed by atoms with Gasteiger partial charge in [-0.1, -0.05) is 19.3 Å². The van der Waals surface area contributed by atoms with E-state index in [1.165, 1.54) is 0 Å². The minimum Gasteiger partial charge on any atom is -0.285 e. The number of hydrogen-bond donors (Lipinski definition) is 1. The highest BCUT2D eigenvalue weighted by Gasteiger charge is 2.84. The molecule has 0 amide bonds. The maximum absolute atomic E-state index is 14.1. The third-order valence-corrected chi connectivity index (χ3v) is 5.24. The first-order chi connectivity index (χ1) is 8.71. The van der Waals surface area contributed by atoms with Crippen LogP contribution in [0.25, 0.3) is 0 Å². The molecule has 0 unspecified atom stereocenters. The monoisotopic (exact) mass is 332 g/mol. The summed E-state index contributed by atoms with van der Waals surface area (Å²) in [6.45, 7) is 0. The number of halogens is 7. The first-order valence-electron chi connectivity index (χ1n) is 5.50. The lowest BCUT2D eigenvalue weighted by Gasteiger charge is -2.45. The standard InChI is InChI=1S/C9H11F7O3S/c10-7(8(11,12)13,9(14,15)16)6(20(17,18)19)4-2-1-3-5-6/h1-5H2,(H,17,18,19). The molecule has 20 heavy (non-hydrogen) atoms. The second-order valence-corrected chi connectivity index (χ2v) is 6.42. The summed E-state index contributed by atoms with van der Waals surface area (Å²) >= 11 is 0. The fourth-order valence-corrected chi connectivity index (χ4v) is 3.97. The van der Waals surface area contributed by atoms with Gasteiger partial charge in [-0.3, -0.25) is 4.55 Å². The molecule has 1 aliphatic carbocycles. The van der Waals surface area contributed by atoms with E-state index in [4.69, 9.17) is 4.55 Å². The molecule has 1 aliphatic rings. The highest BCUT2D eigenvalue weighted by Crippen LogP contribution is 2.59. The van der Waals surface area contributed by atoms with Crippen molar-refractivity contribution in [3.63, 3.8) is 0 Å². The molecule has 120 valence electrons. The van der Waals surface area contributed by atoms with Gasteiger partial charge in [0, 0.05) is 0 Å². The van der Waals surface area contributed by atoms with Crippen LogP contribution in [0.5, 0.6) is 0 Å². The summed E-state index contributed by atoms with van der Waals surface area (Å²) in [6.07, 6.45) is -16.1.